The molecule has 1 atom stereocenters. The molecule has 1 unspecified atom stereocenters. The quantitative estimate of drug-likeness (QED) is 0.506. The van der Waals surface area contributed by atoms with Crippen LogP contribution < -0.4 is 10.2 Å². The van der Waals surface area contributed by atoms with Gasteiger partial charge in [-0.25, -0.2) is 0 Å². The van der Waals surface area contributed by atoms with E-state index in [1.165, 1.54) is 23.6 Å². The first kappa shape index (κ1) is 18.8. The van der Waals surface area contributed by atoms with Crippen LogP contribution in [0.3, 0.4) is 0 Å². The molecule has 0 aliphatic heterocycles. The van der Waals surface area contributed by atoms with Gasteiger partial charge in [0.05, 0.1) is 12.0 Å². The Morgan fingerprint density at radius 2 is 1.85 bits per heavy atom. The van der Waals surface area contributed by atoms with Crippen LogP contribution in [-0.2, 0) is 11.3 Å². The minimum Gasteiger partial charge on any atom is -0.326 e. The van der Waals surface area contributed by atoms with Crippen molar-refractivity contribution in [2.45, 2.75) is 6.54 Å². The van der Waals surface area contributed by atoms with Gasteiger partial charge in [0, 0.05) is 16.7 Å². The second-order valence-electron chi connectivity index (χ2n) is 6.46. The molecular formula is C20H19ClN3O3+. The maximum absolute atomic E-state index is 12.3. The number of hydrogen-bond donors (Lipinski definition) is 2. The van der Waals surface area contributed by atoms with Crippen LogP contribution in [0.15, 0.2) is 60.7 Å². The van der Waals surface area contributed by atoms with Gasteiger partial charge in [0.2, 0.25) is 0 Å². The van der Waals surface area contributed by atoms with Crippen LogP contribution >= 0.6 is 11.6 Å². The smallest absolute Gasteiger partial charge is 0.292 e. The number of carbonyl (C=O) groups is 1. The second kappa shape index (κ2) is 8.16. The molecule has 0 aliphatic rings. The Balaban J connectivity index is 1.65. The monoisotopic (exact) mass is 384 g/mol. The molecule has 6 nitrogen and oxygen atoms in total. The summed E-state index contributed by atoms with van der Waals surface area (Å²) in [7, 11) is 1.90. The first-order valence-electron chi connectivity index (χ1n) is 8.45. The van der Waals surface area contributed by atoms with E-state index >= 15 is 0 Å². The van der Waals surface area contributed by atoms with Gasteiger partial charge in [0.15, 0.2) is 6.54 Å². The molecule has 0 saturated carbocycles. The van der Waals surface area contributed by atoms with E-state index in [-0.39, 0.29) is 23.8 Å². The number of halogens is 1. The Morgan fingerprint density at radius 3 is 2.59 bits per heavy atom. The number of likely N-dealkylation sites (N-methyl/N-ethyl adjacent to an activating group) is 1. The van der Waals surface area contributed by atoms with E-state index in [9.17, 15) is 14.9 Å². The first-order chi connectivity index (χ1) is 12.9. The molecule has 0 aliphatic carbocycles. The van der Waals surface area contributed by atoms with E-state index < -0.39 is 4.92 Å². The third-order valence-corrected chi connectivity index (χ3v) is 4.45. The summed E-state index contributed by atoms with van der Waals surface area (Å²) < 4.78 is 0. The summed E-state index contributed by atoms with van der Waals surface area (Å²) in [4.78, 5) is 23.8. The molecule has 3 aromatic rings. The summed E-state index contributed by atoms with van der Waals surface area (Å²) in [5.74, 6) is -0.307. The molecule has 1 amide bonds. The fraction of sp³-hybridized carbons (Fsp3) is 0.150. The molecule has 0 spiro atoms. The van der Waals surface area contributed by atoms with E-state index in [1.54, 1.807) is 0 Å². The van der Waals surface area contributed by atoms with Gasteiger partial charge >= 0.3 is 0 Å². The summed E-state index contributed by atoms with van der Waals surface area (Å²) in [6, 6.07) is 18.4. The standard InChI is InChI=1S/C20H18ClN3O3/c1-23(12-14-6-7-15-4-2-3-5-16(15)10-14)13-20(25)22-18-11-17(21)8-9-19(18)24(26)27/h2-11H,12-13H2,1H3,(H,22,25)/p+1. The van der Waals surface area contributed by atoms with E-state index in [0.717, 1.165) is 15.8 Å². The van der Waals surface area contributed by atoms with Crippen molar-refractivity contribution in [3.63, 3.8) is 0 Å². The van der Waals surface area contributed by atoms with Crippen molar-refractivity contribution < 1.29 is 14.6 Å². The lowest BCUT2D eigenvalue weighted by Crippen LogP contribution is -3.08. The number of nitro benzene ring substituents is 1. The maximum atomic E-state index is 12.3. The van der Waals surface area contributed by atoms with Crippen molar-refractivity contribution in [2.75, 3.05) is 18.9 Å². The van der Waals surface area contributed by atoms with Crippen molar-refractivity contribution in [3.8, 4) is 0 Å². The molecule has 0 fully saturated rings. The normalized spacial score (nSPS) is 11.9. The van der Waals surface area contributed by atoms with Crippen LogP contribution in [0.4, 0.5) is 11.4 Å². The highest BCUT2D eigenvalue weighted by atomic mass is 35.5. The Hall–Kier alpha value is -2.96. The van der Waals surface area contributed by atoms with Crippen molar-refractivity contribution >= 4 is 39.7 Å². The number of anilines is 1. The number of amides is 1. The lowest BCUT2D eigenvalue weighted by molar-refractivity contribution is -0.885. The minimum absolute atomic E-state index is 0.107. The molecule has 2 N–H and O–H groups in total. The van der Waals surface area contributed by atoms with Crippen LogP contribution in [0.25, 0.3) is 10.8 Å². The summed E-state index contributed by atoms with van der Waals surface area (Å²) in [6.45, 7) is 0.840. The van der Waals surface area contributed by atoms with E-state index in [2.05, 4.69) is 29.6 Å². The summed E-state index contributed by atoms with van der Waals surface area (Å²) in [6.07, 6.45) is 0. The zero-order valence-corrected chi connectivity index (χ0v) is 15.5. The lowest BCUT2D eigenvalue weighted by Gasteiger charge is -2.14. The van der Waals surface area contributed by atoms with Gasteiger partial charge < -0.3 is 10.2 Å². The molecule has 0 bridgehead atoms. The van der Waals surface area contributed by atoms with Gasteiger partial charge in [-0.2, -0.15) is 0 Å². The largest absolute Gasteiger partial charge is 0.326 e. The average molecular weight is 385 g/mol. The first-order valence-corrected chi connectivity index (χ1v) is 8.83. The highest BCUT2D eigenvalue weighted by Gasteiger charge is 2.18. The van der Waals surface area contributed by atoms with E-state index in [0.29, 0.717) is 11.6 Å². The zero-order valence-electron chi connectivity index (χ0n) is 14.7. The van der Waals surface area contributed by atoms with Gasteiger partial charge in [-0.05, 0) is 29.0 Å². The summed E-state index contributed by atoms with van der Waals surface area (Å²) in [5.41, 5.74) is 1.05. The second-order valence-corrected chi connectivity index (χ2v) is 6.90. The van der Waals surface area contributed by atoms with Gasteiger partial charge in [0.25, 0.3) is 11.6 Å². The highest BCUT2D eigenvalue weighted by Crippen LogP contribution is 2.27. The Morgan fingerprint density at radius 1 is 1.11 bits per heavy atom. The molecular weight excluding hydrogens is 366 g/mol. The fourth-order valence-electron chi connectivity index (χ4n) is 3.00. The number of fused-ring (bicyclic) bond motifs is 1. The predicted octanol–water partition coefficient (Wildman–Crippen LogP) is 3.05. The molecule has 0 heterocycles. The Kier molecular flexibility index (Phi) is 5.69. The zero-order chi connectivity index (χ0) is 19.4. The number of hydrogen-bond acceptors (Lipinski definition) is 3. The number of nitrogens with zero attached hydrogens (tertiary/aromatic N) is 1. The molecule has 138 valence electrons. The van der Waals surface area contributed by atoms with Crippen LogP contribution in [0.5, 0.6) is 0 Å². The molecule has 0 radical (unpaired) electrons. The number of benzene rings is 3. The highest BCUT2D eigenvalue weighted by molar-refractivity contribution is 6.31. The molecule has 7 heteroatoms. The van der Waals surface area contributed by atoms with Crippen LogP contribution in [0.2, 0.25) is 5.02 Å². The maximum Gasteiger partial charge on any atom is 0.292 e. The third kappa shape index (κ3) is 4.81. The SMILES string of the molecule is C[NH+](CC(=O)Nc1cc(Cl)ccc1[N+](=O)[O-])Cc1ccc2ccccc2c1. The molecule has 0 saturated heterocycles. The Labute approximate surface area is 161 Å². The van der Waals surface area contributed by atoms with Crippen LogP contribution in [0.1, 0.15) is 5.56 Å². The summed E-state index contributed by atoms with van der Waals surface area (Å²) in [5, 5.41) is 16.3. The topological polar surface area (TPSA) is 76.7 Å². The Bertz CT molecular complexity index is 1010. The van der Waals surface area contributed by atoms with Gasteiger partial charge in [-0.1, -0.05) is 48.0 Å². The molecule has 0 aromatic heterocycles. The number of quaternary nitrogens is 1. The van der Waals surface area contributed by atoms with E-state index in [4.69, 9.17) is 11.6 Å². The van der Waals surface area contributed by atoms with Crippen molar-refractivity contribution in [3.05, 3.63) is 81.4 Å². The predicted molar refractivity (Wildman–Crippen MR) is 106 cm³/mol. The molecule has 3 aromatic carbocycles. The van der Waals surface area contributed by atoms with Gasteiger partial charge in [-0.15, -0.1) is 0 Å². The number of nitro groups is 1. The number of nitrogens with one attached hydrogen (secondary N) is 2. The molecule has 3 rings (SSSR count). The van der Waals surface area contributed by atoms with Gasteiger partial charge in [0.1, 0.15) is 12.2 Å². The van der Waals surface area contributed by atoms with Crippen LogP contribution in [-0.4, -0.2) is 24.4 Å². The molecule has 27 heavy (non-hydrogen) atoms. The van der Waals surface area contributed by atoms with Gasteiger partial charge in [-0.3, -0.25) is 14.9 Å². The average Bonchev–Trinajstić information content (AvgIpc) is 2.61. The summed E-state index contributed by atoms with van der Waals surface area (Å²) >= 11 is 5.89. The van der Waals surface area contributed by atoms with Crippen molar-refractivity contribution in [1.82, 2.24) is 0 Å². The van der Waals surface area contributed by atoms with Crippen molar-refractivity contribution in [2.24, 2.45) is 0 Å². The van der Waals surface area contributed by atoms with E-state index in [1.807, 2.05) is 25.2 Å². The third-order valence-electron chi connectivity index (χ3n) is 4.21. The lowest BCUT2D eigenvalue weighted by atomic mass is 10.1. The fourth-order valence-corrected chi connectivity index (χ4v) is 3.17. The number of rotatable bonds is 6. The van der Waals surface area contributed by atoms with Crippen LogP contribution in [0, 0.1) is 10.1 Å². The minimum atomic E-state index is -0.544. The number of carbonyl (C=O) groups excluding carboxylic acids is 1. The van der Waals surface area contributed by atoms with Crippen molar-refractivity contribution in [1.29, 1.82) is 0 Å².